The highest BCUT2D eigenvalue weighted by atomic mass is 15.1. The number of hydrogen-bond donors (Lipinski definition) is 0. The van der Waals surface area contributed by atoms with E-state index in [2.05, 4.69) is 156 Å². The first-order valence-corrected chi connectivity index (χ1v) is 20.9. The molecular formula is C56H35N7. The molecule has 63 heavy (non-hydrogen) atoms. The van der Waals surface area contributed by atoms with Gasteiger partial charge in [-0.3, -0.25) is 24.5 Å². The Morgan fingerprint density at radius 2 is 0.730 bits per heavy atom. The van der Waals surface area contributed by atoms with Crippen molar-refractivity contribution >= 4 is 11.2 Å². The number of fused-ring (bicyclic) bond motifs is 9. The average molecular weight is 806 g/mol. The molecule has 7 nitrogen and oxygen atoms in total. The Labute approximate surface area is 363 Å². The molecule has 7 heteroatoms. The molecule has 0 saturated carbocycles. The molecule has 11 aromatic rings. The summed E-state index contributed by atoms with van der Waals surface area (Å²) in [5.41, 5.74) is 18.6. The van der Waals surface area contributed by atoms with Crippen LogP contribution in [-0.4, -0.2) is 34.5 Å². The molecule has 1 aliphatic carbocycles. The van der Waals surface area contributed by atoms with Gasteiger partial charge in [0.15, 0.2) is 5.65 Å². The molecule has 12 rings (SSSR count). The molecule has 0 radical (unpaired) electrons. The Kier molecular flexibility index (Phi) is 8.67. The number of para-hydroxylation sites is 1. The lowest BCUT2D eigenvalue weighted by molar-refractivity contribution is 1.08. The Balaban J connectivity index is 1.27. The summed E-state index contributed by atoms with van der Waals surface area (Å²) in [4.78, 5) is 31.2. The second kappa shape index (κ2) is 15.1. The van der Waals surface area contributed by atoms with Crippen LogP contribution >= 0.6 is 0 Å². The van der Waals surface area contributed by atoms with Gasteiger partial charge in [0.1, 0.15) is 11.3 Å². The van der Waals surface area contributed by atoms with E-state index in [0.717, 1.165) is 118 Å². The van der Waals surface area contributed by atoms with E-state index in [1.165, 1.54) is 0 Å². The van der Waals surface area contributed by atoms with Crippen LogP contribution in [0.3, 0.4) is 0 Å². The van der Waals surface area contributed by atoms with E-state index in [0.29, 0.717) is 0 Å². The molecule has 0 spiro atoms. The third-order valence-corrected chi connectivity index (χ3v) is 11.8. The molecule has 1 aliphatic rings. The number of nitrogens with zero attached hydrogens (tertiary/aromatic N) is 7. The van der Waals surface area contributed by atoms with Gasteiger partial charge in [-0.2, -0.15) is 0 Å². The van der Waals surface area contributed by atoms with Crippen LogP contribution in [0.25, 0.3) is 118 Å². The fraction of sp³-hybridized carbons (Fsp3) is 0. The highest BCUT2D eigenvalue weighted by molar-refractivity contribution is 6.17. The van der Waals surface area contributed by atoms with Crippen molar-refractivity contribution < 1.29 is 0 Å². The van der Waals surface area contributed by atoms with Crippen molar-refractivity contribution in [1.29, 1.82) is 0 Å². The minimum Gasteiger partial charge on any atom is -0.277 e. The fourth-order valence-electron chi connectivity index (χ4n) is 9.25. The van der Waals surface area contributed by atoms with Gasteiger partial charge in [0.05, 0.1) is 22.8 Å². The number of aromatic nitrogens is 7. The van der Waals surface area contributed by atoms with Crippen molar-refractivity contribution in [2.45, 2.75) is 0 Å². The molecule has 0 saturated heterocycles. The van der Waals surface area contributed by atoms with Crippen LogP contribution in [0.15, 0.2) is 213 Å². The van der Waals surface area contributed by atoms with E-state index in [1.54, 1.807) is 24.8 Å². The van der Waals surface area contributed by atoms with Crippen molar-refractivity contribution in [1.82, 2.24) is 34.5 Å². The van der Waals surface area contributed by atoms with Crippen molar-refractivity contribution in [2.24, 2.45) is 0 Å². The maximum atomic E-state index is 5.35. The van der Waals surface area contributed by atoms with Crippen LogP contribution in [0.2, 0.25) is 0 Å². The maximum absolute atomic E-state index is 5.35. The SMILES string of the molecule is c1ccc(-c2c(-c3ccccc3)c(-c3ccccc3)c3c(c2-c2ccccc2)-c2nccnc2-c2ccc(-c4nc5cccnc5n4-c4ccccc4)cc2-c2nccnc2-3)cc1. The normalized spacial score (nSPS) is 11.5. The van der Waals surface area contributed by atoms with Crippen LogP contribution < -0.4 is 0 Å². The van der Waals surface area contributed by atoms with Gasteiger partial charge in [-0.05, 0) is 63.7 Å². The van der Waals surface area contributed by atoms with E-state index in [-0.39, 0.29) is 0 Å². The molecule has 0 unspecified atom stereocenters. The van der Waals surface area contributed by atoms with Crippen molar-refractivity contribution in [2.75, 3.05) is 0 Å². The van der Waals surface area contributed by atoms with Crippen LogP contribution in [0.1, 0.15) is 0 Å². The number of rotatable bonds is 6. The largest absolute Gasteiger partial charge is 0.277 e. The average Bonchev–Trinajstić information content (AvgIpc) is 3.76. The quantitative estimate of drug-likeness (QED) is 0.166. The third-order valence-electron chi connectivity index (χ3n) is 11.8. The van der Waals surface area contributed by atoms with Gasteiger partial charge in [-0.25, -0.2) is 9.97 Å². The first-order valence-electron chi connectivity index (χ1n) is 20.9. The van der Waals surface area contributed by atoms with Gasteiger partial charge in [0, 0.05) is 75.6 Å². The maximum Gasteiger partial charge on any atom is 0.164 e. The molecule has 0 atom stereocenters. The Morgan fingerprint density at radius 1 is 0.302 bits per heavy atom. The van der Waals surface area contributed by atoms with Crippen LogP contribution in [0.4, 0.5) is 0 Å². The second-order valence-electron chi connectivity index (χ2n) is 15.4. The number of imidazole rings is 1. The van der Waals surface area contributed by atoms with Gasteiger partial charge >= 0.3 is 0 Å². The summed E-state index contributed by atoms with van der Waals surface area (Å²) < 4.78 is 2.12. The van der Waals surface area contributed by atoms with Crippen molar-refractivity contribution in [3.8, 4) is 107 Å². The smallest absolute Gasteiger partial charge is 0.164 e. The fourth-order valence-corrected chi connectivity index (χ4v) is 9.25. The predicted octanol–water partition coefficient (Wildman–Crippen LogP) is 13.3. The molecule has 4 aromatic heterocycles. The highest BCUT2D eigenvalue weighted by Gasteiger charge is 2.35. The summed E-state index contributed by atoms with van der Waals surface area (Å²) in [6.07, 6.45) is 8.99. The van der Waals surface area contributed by atoms with Gasteiger partial charge in [-0.1, -0.05) is 152 Å². The lowest BCUT2D eigenvalue weighted by Gasteiger charge is -2.30. The highest BCUT2D eigenvalue weighted by Crippen LogP contribution is 2.58. The van der Waals surface area contributed by atoms with Crippen LogP contribution in [0.5, 0.6) is 0 Å². The molecule has 294 valence electrons. The second-order valence-corrected chi connectivity index (χ2v) is 15.4. The van der Waals surface area contributed by atoms with Gasteiger partial charge in [0.2, 0.25) is 0 Å². The lowest BCUT2D eigenvalue weighted by Crippen LogP contribution is -2.08. The topological polar surface area (TPSA) is 82.3 Å². The predicted molar refractivity (Wildman–Crippen MR) is 253 cm³/mol. The van der Waals surface area contributed by atoms with Crippen molar-refractivity contribution in [3.05, 3.63) is 213 Å². The Morgan fingerprint density at radius 3 is 1.22 bits per heavy atom. The minimum absolute atomic E-state index is 0.732. The Hall–Kier alpha value is -8.68. The summed E-state index contributed by atoms with van der Waals surface area (Å²) in [6.45, 7) is 0. The number of pyridine rings is 1. The molecule has 0 aliphatic heterocycles. The summed E-state index contributed by atoms with van der Waals surface area (Å²) in [5.74, 6) is 0.764. The van der Waals surface area contributed by atoms with E-state index in [4.69, 9.17) is 29.9 Å². The lowest BCUT2D eigenvalue weighted by atomic mass is 9.74. The molecule has 0 amide bonds. The first-order chi connectivity index (χ1) is 31.3. The van der Waals surface area contributed by atoms with E-state index >= 15 is 0 Å². The van der Waals surface area contributed by atoms with Gasteiger partial charge in [-0.15, -0.1) is 0 Å². The molecular weight excluding hydrogens is 771 g/mol. The molecule has 0 bridgehead atoms. The molecule has 0 fully saturated rings. The zero-order chi connectivity index (χ0) is 41.7. The van der Waals surface area contributed by atoms with Crippen LogP contribution in [0, 0.1) is 0 Å². The zero-order valence-corrected chi connectivity index (χ0v) is 33.8. The van der Waals surface area contributed by atoms with Gasteiger partial charge < -0.3 is 0 Å². The van der Waals surface area contributed by atoms with E-state index in [9.17, 15) is 0 Å². The summed E-state index contributed by atoms with van der Waals surface area (Å²) in [6, 6.07) is 63.4. The summed E-state index contributed by atoms with van der Waals surface area (Å²) in [7, 11) is 0. The summed E-state index contributed by atoms with van der Waals surface area (Å²) in [5, 5.41) is 0. The minimum atomic E-state index is 0.732. The van der Waals surface area contributed by atoms with Gasteiger partial charge in [0.25, 0.3) is 0 Å². The number of hydrogen-bond acceptors (Lipinski definition) is 6. The van der Waals surface area contributed by atoms with Crippen molar-refractivity contribution in [3.63, 3.8) is 0 Å². The van der Waals surface area contributed by atoms with E-state index < -0.39 is 0 Å². The molecule has 7 aromatic carbocycles. The third kappa shape index (κ3) is 5.97. The number of benzene rings is 7. The first kappa shape index (κ1) is 36.2. The molecule has 4 heterocycles. The monoisotopic (exact) mass is 805 g/mol. The standard InChI is InChI=1S/C56H35N7/c1-6-17-36(18-7-1)45-46(37-19-8-2-9-20-37)48(39-23-12-4-13-24-39)50-49(47(45)38-21-10-3-11-22-38)53-51(57-31-33-59-53)42-29-28-40(35-43(42)52-54(50)60-34-32-58-52)55-62-44-27-16-30-61-56(44)63(55)41-25-14-5-15-26-41/h1-35H. The molecule has 0 N–H and O–H groups in total. The Bertz CT molecular complexity index is 3480. The summed E-state index contributed by atoms with van der Waals surface area (Å²) >= 11 is 0. The van der Waals surface area contributed by atoms with E-state index in [1.807, 2.05) is 36.5 Å². The zero-order valence-electron chi connectivity index (χ0n) is 33.8. The van der Waals surface area contributed by atoms with Crippen LogP contribution in [-0.2, 0) is 0 Å².